The normalized spacial score (nSPS) is 15.4. The number of anilines is 1. The maximum absolute atomic E-state index is 12.7. The van der Waals surface area contributed by atoms with Crippen molar-refractivity contribution >= 4 is 31.6 Å². The molecule has 3 rings (SSSR count). The van der Waals surface area contributed by atoms with Gasteiger partial charge in [0.05, 0.1) is 17.3 Å². The molecule has 0 aromatic heterocycles. The van der Waals surface area contributed by atoms with Crippen LogP contribution in [0, 0.1) is 0 Å². The number of hydrogen-bond acceptors (Lipinski definition) is 6. The van der Waals surface area contributed by atoms with Gasteiger partial charge in [-0.2, -0.15) is 4.31 Å². The Kier molecular flexibility index (Phi) is 7.42. The van der Waals surface area contributed by atoms with E-state index in [0.717, 1.165) is 0 Å². The first-order valence-corrected chi connectivity index (χ1v) is 13.4. The Labute approximate surface area is 189 Å². The van der Waals surface area contributed by atoms with Crippen LogP contribution in [-0.2, 0) is 20.0 Å². The van der Waals surface area contributed by atoms with Crippen LogP contribution in [0.3, 0.4) is 0 Å². The van der Waals surface area contributed by atoms with Crippen molar-refractivity contribution < 1.29 is 26.4 Å². The number of ether oxygens (including phenoxy) is 1. The number of sulfonamides is 2. The highest BCUT2D eigenvalue weighted by molar-refractivity contribution is 7.92. The molecule has 0 spiro atoms. The first-order valence-electron chi connectivity index (χ1n) is 10.3. The molecule has 9 nitrogen and oxygen atoms in total. The zero-order chi connectivity index (χ0) is 23.4. The first-order chi connectivity index (χ1) is 15.2. The van der Waals surface area contributed by atoms with Crippen molar-refractivity contribution in [2.45, 2.75) is 18.7 Å². The first kappa shape index (κ1) is 24.0. The van der Waals surface area contributed by atoms with Crippen LogP contribution in [0.4, 0.5) is 5.69 Å². The number of hydrogen-bond donors (Lipinski definition) is 1. The van der Waals surface area contributed by atoms with Gasteiger partial charge in [0.15, 0.2) is 0 Å². The molecule has 1 aliphatic heterocycles. The van der Waals surface area contributed by atoms with Crippen LogP contribution in [0.1, 0.15) is 24.2 Å². The molecule has 1 amide bonds. The molecule has 11 heteroatoms. The zero-order valence-electron chi connectivity index (χ0n) is 18.0. The Morgan fingerprint density at radius 1 is 0.906 bits per heavy atom. The molecule has 2 aromatic carbocycles. The van der Waals surface area contributed by atoms with Gasteiger partial charge in [0.1, 0.15) is 5.75 Å². The third kappa shape index (κ3) is 5.59. The minimum absolute atomic E-state index is 0.0293. The molecule has 1 saturated heterocycles. The summed E-state index contributed by atoms with van der Waals surface area (Å²) in [5.41, 5.74) is 0.741. The van der Waals surface area contributed by atoms with E-state index in [4.69, 9.17) is 4.74 Å². The second-order valence-corrected chi connectivity index (χ2v) is 11.1. The van der Waals surface area contributed by atoms with Crippen LogP contribution in [0.5, 0.6) is 5.75 Å². The smallest absolute Gasteiger partial charge is 0.261 e. The molecule has 0 saturated carbocycles. The summed E-state index contributed by atoms with van der Waals surface area (Å²) in [4.78, 5) is 14.3. The van der Waals surface area contributed by atoms with Crippen LogP contribution in [-0.4, -0.2) is 70.5 Å². The van der Waals surface area contributed by atoms with Crippen LogP contribution in [0.25, 0.3) is 0 Å². The monoisotopic (exact) mass is 481 g/mol. The van der Waals surface area contributed by atoms with Crippen LogP contribution in [0.2, 0.25) is 0 Å². The maximum Gasteiger partial charge on any atom is 0.261 e. The average Bonchev–Trinajstić information content (AvgIpc) is 2.80. The van der Waals surface area contributed by atoms with Crippen LogP contribution < -0.4 is 9.46 Å². The van der Waals surface area contributed by atoms with Crippen molar-refractivity contribution in [3.05, 3.63) is 54.1 Å². The van der Waals surface area contributed by atoms with E-state index in [1.807, 2.05) is 6.92 Å². The third-order valence-electron chi connectivity index (χ3n) is 5.11. The summed E-state index contributed by atoms with van der Waals surface area (Å²) in [7, 11) is -7.10. The maximum atomic E-state index is 12.7. The number of nitrogens with one attached hydrogen (secondary N) is 1. The summed E-state index contributed by atoms with van der Waals surface area (Å²) in [5, 5.41) is 0. The van der Waals surface area contributed by atoms with E-state index in [-0.39, 0.29) is 42.7 Å². The topological polar surface area (TPSA) is 113 Å². The van der Waals surface area contributed by atoms with E-state index >= 15 is 0 Å². The lowest BCUT2D eigenvalue weighted by Gasteiger charge is -2.33. The van der Waals surface area contributed by atoms with Gasteiger partial charge in [-0.25, -0.2) is 16.8 Å². The van der Waals surface area contributed by atoms with Crippen molar-refractivity contribution in [2.24, 2.45) is 0 Å². The van der Waals surface area contributed by atoms with E-state index in [1.165, 1.54) is 28.6 Å². The lowest BCUT2D eigenvalue weighted by atomic mass is 10.2. The number of carbonyl (C=O) groups is 1. The Bertz CT molecular complexity index is 1140. The Morgan fingerprint density at radius 2 is 1.50 bits per heavy atom. The number of nitrogens with zero attached hydrogens (tertiary/aromatic N) is 2. The molecule has 1 N–H and O–H groups in total. The molecule has 0 unspecified atom stereocenters. The van der Waals surface area contributed by atoms with Crippen molar-refractivity contribution in [3.63, 3.8) is 0 Å². The predicted octanol–water partition coefficient (Wildman–Crippen LogP) is 1.99. The number of carbonyl (C=O) groups excluding carboxylic acids is 1. The molecular formula is C21H27N3O6S2. The van der Waals surface area contributed by atoms with E-state index in [0.29, 0.717) is 23.6 Å². The van der Waals surface area contributed by atoms with Gasteiger partial charge in [-0.1, -0.05) is 0 Å². The standard InChI is InChI=1S/C21H27N3O6S2/c1-3-30-19-9-7-18(8-10-19)22-32(28,29)20-11-5-17(6-12-20)21(25)23-13-15-24(16-14-23)31(26,27)4-2/h5-12,22H,3-4,13-16H2,1-2H3. The van der Waals surface area contributed by atoms with Gasteiger partial charge in [-0.15, -0.1) is 0 Å². The molecule has 0 radical (unpaired) electrons. The largest absolute Gasteiger partial charge is 0.494 e. The lowest BCUT2D eigenvalue weighted by Crippen LogP contribution is -2.50. The predicted molar refractivity (Wildman–Crippen MR) is 122 cm³/mol. The Balaban J connectivity index is 1.64. The van der Waals surface area contributed by atoms with E-state index in [2.05, 4.69) is 4.72 Å². The molecule has 32 heavy (non-hydrogen) atoms. The molecule has 1 aliphatic rings. The molecular weight excluding hydrogens is 454 g/mol. The SMILES string of the molecule is CCOc1ccc(NS(=O)(=O)c2ccc(C(=O)N3CCN(S(=O)(=O)CC)CC3)cc2)cc1. The molecule has 0 atom stereocenters. The minimum Gasteiger partial charge on any atom is -0.494 e. The summed E-state index contributed by atoms with van der Waals surface area (Å²) >= 11 is 0. The molecule has 2 aromatic rings. The van der Waals surface area contributed by atoms with Gasteiger partial charge in [0.25, 0.3) is 15.9 Å². The number of amides is 1. The highest BCUT2D eigenvalue weighted by Gasteiger charge is 2.28. The average molecular weight is 482 g/mol. The van der Waals surface area contributed by atoms with Gasteiger partial charge in [-0.3, -0.25) is 9.52 Å². The summed E-state index contributed by atoms with van der Waals surface area (Å²) in [6, 6.07) is 12.2. The van der Waals surface area contributed by atoms with Crippen molar-refractivity contribution in [3.8, 4) is 5.75 Å². The lowest BCUT2D eigenvalue weighted by molar-refractivity contribution is 0.0698. The fourth-order valence-corrected chi connectivity index (χ4v) is 5.45. The second-order valence-electron chi connectivity index (χ2n) is 7.18. The molecule has 1 heterocycles. The minimum atomic E-state index is -3.82. The third-order valence-corrected chi connectivity index (χ3v) is 8.39. The second kappa shape index (κ2) is 9.88. The highest BCUT2D eigenvalue weighted by atomic mass is 32.2. The number of benzene rings is 2. The van der Waals surface area contributed by atoms with Gasteiger partial charge in [0.2, 0.25) is 10.0 Å². The van der Waals surface area contributed by atoms with E-state index < -0.39 is 20.0 Å². The van der Waals surface area contributed by atoms with Gasteiger partial charge in [0, 0.05) is 37.4 Å². The molecule has 0 aliphatic carbocycles. The van der Waals surface area contributed by atoms with E-state index in [9.17, 15) is 21.6 Å². The summed E-state index contributed by atoms with van der Waals surface area (Å²) in [6.07, 6.45) is 0. The molecule has 1 fully saturated rings. The fraction of sp³-hybridized carbons (Fsp3) is 0.381. The quantitative estimate of drug-likeness (QED) is 0.617. The van der Waals surface area contributed by atoms with Crippen LogP contribution in [0.15, 0.2) is 53.4 Å². The molecule has 174 valence electrons. The molecule has 0 bridgehead atoms. The van der Waals surface area contributed by atoms with Gasteiger partial charge < -0.3 is 9.64 Å². The zero-order valence-corrected chi connectivity index (χ0v) is 19.7. The highest BCUT2D eigenvalue weighted by Crippen LogP contribution is 2.20. The Hall–Kier alpha value is -2.63. The van der Waals surface area contributed by atoms with Crippen molar-refractivity contribution in [2.75, 3.05) is 43.3 Å². The Morgan fingerprint density at radius 3 is 2.03 bits per heavy atom. The van der Waals surface area contributed by atoms with Crippen molar-refractivity contribution in [1.29, 1.82) is 0 Å². The van der Waals surface area contributed by atoms with E-state index in [1.54, 1.807) is 36.1 Å². The van der Waals surface area contributed by atoms with Gasteiger partial charge in [-0.05, 0) is 62.4 Å². The van der Waals surface area contributed by atoms with Crippen LogP contribution >= 0.6 is 0 Å². The number of rotatable bonds is 8. The van der Waals surface area contributed by atoms with Crippen molar-refractivity contribution in [1.82, 2.24) is 9.21 Å². The summed E-state index contributed by atoms with van der Waals surface area (Å²) in [6.45, 7) is 5.05. The fourth-order valence-electron chi connectivity index (χ4n) is 3.31. The van der Waals surface area contributed by atoms with Gasteiger partial charge >= 0.3 is 0 Å². The summed E-state index contributed by atoms with van der Waals surface area (Å²) < 4.78 is 58.5. The number of piperazine rings is 1. The summed E-state index contributed by atoms with van der Waals surface area (Å²) in [5.74, 6) is 0.412.